The van der Waals surface area contributed by atoms with Crippen molar-refractivity contribution in [1.82, 2.24) is 14.7 Å². The number of nitrogens with zero attached hydrogens (tertiary/aromatic N) is 3. The number of ether oxygens (including phenoxy) is 1. The molecule has 24 heavy (non-hydrogen) atoms. The monoisotopic (exact) mass is 329 g/mol. The average molecular weight is 329 g/mol. The van der Waals surface area contributed by atoms with Gasteiger partial charge in [-0.15, -0.1) is 0 Å². The van der Waals surface area contributed by atoms with Gasteiger partial charge >= 0.3 is 0 Å². The van der Waals surface area contributed by atoms with Crippen LogP contribution in [0.3, 0.4) is 0 Å². The molecule has 1 heterocycles. The first-order valence-corrected chi connectivity index (χ1v) is 8.24. The van der Waals surface area contributed by atoms with Gasteiger partial charge in [0.1, 0.15) is 5.75 Å². The zero-order valence-corrected chi connectivity index (χ0v) is 15.5. The van der Waals surface area contributed by atoms with Crippen LogP contribution in [0.5, 0.6) is 5.75 Å². The number of carbonyl (C=O) groups excluding carboxylic acids is 1. The predicted octanol–water partition coefficient (Wildman–Crippen LogP) is 3.20. The molecule has 0 bridgehead atoms. The number of para-hydroxylation sites is 1. The Morgan fingerprint density at radius 3 is 2.58 bits per heavy atom. The van der Waals surface area contributed by atoms with Gasteiger partial charge in [0.25, 0.3) is 0 Å². The van der Waals surface area contributed by atoms with Crippen molar-refractivity contribution in [2.75, 3.05) is 14.2 Å². The van der Waals surface area contributed by atoms with E-state index in [0.717, 1.165) is 22.7 Å². The minimum Gasteiger partial charge on any atom is -0.496 e. The van der Waals surface area contributed by atoms with Gasteiger partial charge < -0.3 is 9.64 Å². The standard InChI is InChI=1S/C19H27N3O2/c1-13-16(15(3)22(5)20-13)11-12-19(23)21(4)14(2)17-9-7-8-10-18(17)24-6/h7-10,14H,11-12H2,1-6H3. The Balaban J connectivity index is 2.06. The number of hydrogen-bond acceptors (Lipinski definition) is 3. The molecular weight excluding hydrogens is 302 g/mol. The molecule has 0 aliphatic carbocycles. The molecule has 130 valence electrons. The first-order valence-electron chi connectivity index (χ1n) is 8.24. The maximum Gasteiger partial charge on any atom is 0.223 e. The quantitative estimate of drug-likeness (QED) is 0.818. The van der Waals surface area contributed by atoms with Gasteiger partial charge in [-0.1, -0.05) is 18.2 Å². The fourth-order valence-corrected chi connectivity index (χ4v) is 3.02. The van der Waals surface area contributed by atoms with Gasteiger partial charge in [0.15, 0.2) is 0 Å². The smallest absolute Gasteiger partial charge is 0.223 e. The molecule has 1 aromatic heterocycles. The molecule has 5 heteroatoms. The predicted molar refractivity (Wildman–Crippen MR) is 95.2 cm³/mol. The molecule has 0 saturated heterocycles. The lowest BCUT2D eigenvalue weighted by atomic mass is 10.0. The number of hydrogen-bond donors (Lipinski definition) is 0. The maximum atomic E-state index is 12.6. The van der Waals surface area contributed by atoms with Crippen LogP contribution >= 0.6 is 0 Å². The minimum absolute atomic E-state index is 0.0373. The van der Waals surface area contributed by atoms with E-state index in [9.17, 15) is 4.79 Å². The van der Waals surface area contributed by atoms with Gasteiger partial charge in [0, 0.05) is 31.8 Å². The van der Waals surface area contributed by atoms with E-state index in [4.69, 9.17) is 4.74 Å². The van der Waals surface area contributed by atoms with E-state index in [1.165, 1.54) is 5.56 Å². The minimum atomic E-state index is -0.0373. The van der Waals surface area contributed by atoms with Gasteiger partial charge in [-0.2, -0.15) is 5.10 Å². The first kappa shape index (κ1) is 18.0. The van der Waals surface area contributed by atoms with E-state index in [1.54, 1.807) is 12.0 Å². The van der Waals surface area contributed by atoms with Crippen LogP contribution in [0.15, 0.2) is 24.3 Å². The summed E-state index contributed by atoms with van der Waals surface area (Å²) in [7, 11) is 5.44. The molecule has 0 aliphatic heterocycles. The third-order valence-electron chi connectivity index (χ3n) is 4.81. The van der Waals surface area contributed by atoms with E-state index in [0.29, 0.717) is 12.8 Å². The molecule has 1 amide bonds. The van der Waals surface area contributed by atoms with Crippen LogP contribution in [-0.2, 0) is 18.3 Å². The second-order valence-corrected chi connectivity index (χ2v) is 6.20. The molecule has 0 fully saturated rings. The molecule has 5 nitrogen and oxygen atoms in total. The van der Waals surface area contributed by atoms with Gasteiger partial charge in [0.05, 0.1) is 18.8 Å². The zero-order valence-electron chi connectivity index (χ0n) is 15.5. The van der Waals surface area contributed by atoms with E-state index in [2.05, 4.69) is 5.10 Å². The lowest BCUT2D eigenvalue weighted by Gasteiger charge is -2.26. The summed E-state index contributed by atoms with van der Waals surface area (Å²) in [6.07, 6.45) is 1.19. The molecule has 0 saturated carbocycles. The van der Waals surface area contributed by atoms with Crippen molar-refractivity contribution in [3.63, 3.8) is 0 Å². The summed E-state index contributed by atoms with van der Waals surface area (Å²) in [6, 6.07) is 7.79. The summed E-state index contributed by atoms with van der Waals surface area (Å²) in [5.74, 6) is 0.930. The Morgan fingerprint density at radius 1 is 1.33 bits per heavy atom. The normalized spacial score (nSPS) is 12.1. The highest BCUT2D eigenvalue weighted by Gasteiger charge is 2.21. The van der Waals surface area contributed by atoms with Crippen molar-refractivity contribution >= 4 is 5.91 Å². The van der Waals surface area contributed by atoms with Gasteiger partial charge in [0.2, 0.25) is 5.91 Å². The van der Waals surface area contributed by atoms with Crippen LogP contribution in [0, 0.1) is 13.8 Å². The highest BCUT2D eigenvalue weighted by molar-refractivity contribution is 5.76. The molecule has 2 aromatic rings. The van der Waals surface area contributed by atoms with E-state index >= 15 is 0 Å². The molecule has 0 radical (unpaired) electrons. The number of aromatic nitrogens is 2. The number of carbonyl (C=O) groups is 1. The van der Waals surface area contributed by atoms with Gasteiger partial charge in [-0.05, 0) is 38.8 Å². The highest BCUT2D eigenvalue weighted by atomic mass is 16.5. The zero-order chi connectivity index (χ0) is 17.9. The molecule has 0 N–H and O–H groups in total. The van der Waals surface area contributed by atoms with Crippen LogP contribution in [-0.4, -0.2) is 34.7 Å². The van der Waals surface area contributed by atoms with Crippen molar-refractivity contribution < 1.29 is 9.53 Å². The van der Waals surface area contributed by atoms with Crippen LogP contribution in [0.25, 0.3) is 0 Å². The summed E-state index contributed by atoms with van der Waals surface area (Å²) in [5, 5.41) is 4.41. The molecule has 0 spiro atoms. The fourth-order valence-electron chi connectivity index (χ4n) is 3.02. The molecular formula is C19H27N3O2. The SMILES string of the molecule is COc1ccccc1C(C)N(C)C(=O)CCc1c(C)nn(C)c1C. The van der Waals surface area contributed by atoms with Crippen molar-refractivity contribution in [3.8, 4) is 5.75 Å². The average Bonchev–Trinajstić information content (AvgIpc) is 2.83. The second-order valence-electron chi connectivity index (χ2n) is 6.20. The van der Waals surface area contributed by atoms with E-state index < -0.39 is 0 Å². The number of rotatable bonds is 6. The summed E-state index contributed by atoms with van der Waals surface area (Å²) < 4.78 is 7.28. The Morgan fingerprint density at radius 2 is 2.00 bits per heavy atom. The van der Waals surface area contributed by atoms with Crippen molar-refractivity contribution in [3.05, 3.63) is 46.8 Å². The summed E-state index contributed by atoms with van der Waals surface area (Å²) >= 11 is 0. The largest absolute Gasteiger partial charge is 0.496 e. The summed E-state index contributed by atoms with van der Waals surface area (Å²) in [5.41, 5.74) is 4.32. The Hall–Kier alpha value is -2.30. The second kappa shape index (κ2) is 7.51. The number of methoxy groups -OCH3 is 1. The van der Waals surface area contributed by atoms with Crippen LogP contribution in [0.4, 0.5) is 0 Å². The Labute approximate surface area is 144 Å². The highest BCUT2D eigenvalue weighted by Crippen LogP contribution is 2.28. The number of aryl methyl sites for hydroxylation is 2. The van der Waals surface area contributed by atoms with Crippen LogP contribution in [0.1, 0.15) is 41.9 Å². The van der Waals surface area contributed by atoms with Gasteiger partial charge in [-0.3, -0.25) is 9.48 Å². The van der Waals surface area contributed by atoms with Crippen LogP contribution < -0.4 is 4.74 Å². The maximum absolute atomic E-state index is 12.6. The third-order valence-corrected chi connectivity index (χ3v) is 4.81. The molecule has 1 aromatic carbocycles. The van der Waals surface area contributed by atoms with Crippen molar-refractivity contribution in [2.45, 2.75) is 39.7 Å². The lowest BCUT2D eigenvalue weighted by molar-refractivity contribution is -0.131. The fraction of sp³-hybridized carbons (Fsp3) is 0.474. The molecule has 2 rings (SSSR count). The lowest BCUT2D eigenvalue weighted by Crippen LogP contribution is -2.30. The molecule has 1 atom stereocenters. The van der Waals surface area contributed by atoms with Crippen molar-refractivity contribution in [2.24, 2.45) is 7.05 Å². The number of amides is 1. The Bertz CT molecular complexity index is 721. The first-order chi connectivity index (χ1) is 11.4. The topological polar surface area (TPSA) is 47.4 Å². The third kappa shape index (κ3) is 3.61. The van der Waals surface area contributed by atoms with E-state index in [-0.39, 0.29) is 11.9 Å². The summed E-state index contributed by atoms with van der Waals surface area (Å²) in [6.45, 7) is 6.06. The summed E-state index contributed by atoms with van der Waals surface area (Å²) in [4.78, 5) is 14.4. The van der Waals surface area contributed by atoms with Crippen LogP contribution in [0.2, 0.25) is 0 Å². The Kier molecular flexibility index (Phi) is 5.65. The molecule has 0 aliphatic rings. The molecule has 1 unspecified atom stereocenters. The van der Waals surface area contributed by atoms with E-state index in [1.807, 2.05) is 63.8 Å². The number of benzene rings is 1. The van der Waals surface area contributed by atoms with Gasteiger partial charge in [-0.25, -0.2) is 0 Å². The van der Waals surface area contributed by atoms with Crippen molar-refractivity contribution in [1.29, 1.82) is 0 Å².